The van der Waals surface area contributed by atoms with Gasteiger partial charge in [0, 0.05) is 12.5 Å². The van der Waals surface area contributed by atoms with Crippen LogP contribution in [0.3, 0.4) is 0 Å². The molecule has 0 spiro atoms. The fourth-order valence-electron chi connectivity index (χ4n) is 3.87. The Balaban J connectivity index is 1.84. The summed E-state index contributed by atoms with van der Waals surface area (Å²) in [6, 6.07) is 7.60. The van der Waals surface area contributed by atoms with E-state index in [0.717, 1.165) is 32.2 Å². The van der Waals surface area contributed by atoms with Crippen LogP contribution >= 0.6 is 0 Å². The topological polar surface area (TPSA) is 50.8 Å². The number of para-hydroxylation sites is 2. The third-order valence-electron chi connectivity index (χ3n) is 5.33. The Kier molecular flexibility index (Phi) is 10.2. The maximum Gasteiger partial charge on any atom is 0.412 e. The summed E-state index contributed by atoms with van der Waals surface area (Å²) >= 11 is 0. The number of rotatable bonds is 11. The molecule has 1 saturated carbocycles. The Morgan fingerprint density at radius 1 is 1.11 bits per heavy atom. The average Bonchev–Trinajstić information content (AvgIpc) is 2.67. The number of benzene rings is 1. The Hall–Kier alpha value is -1.75. The number of hydrogen-bond acceptors (Lipinski definition) is 4. The molecular weight excluding hydrogens is 352 g/mol. The van der Waals surface area contributed by atoms with E-state index in [2.05, 4.69) is 31.2 Å². The van der Waals surface area contributed by atoms with E-state index < -0.39 is 0 Å². The van der Waals surface area contributed by atoms with Gasteiger partial charge in [0.05, 0.1) is 12.3 Å². The molecule has 0 unspecified atom stereocenters. The van der Waals surface area contributed by atoms with E-state index in [-0.39, 0.29) is 12.2 Å². The molecule has 1 fully saturated rings. The SMILES string of the molecule is CCCCCCCOc1ccccc1NC(=O)O[C@H]1CCCC[C@@H]1CN(C)C. The minimum atomic E-state index is -0.380. The van der Waals surface area contributed by atoms with Gasteiger partial charge in [-0.05, 0) is 51.9 Å². The second-order valence-corrected chi connectivity index (χ2v) is 8.13. The van der Waals surface area contributed by atoms with Gasteiger partial charge in [-0.15, -0.1) is 0 Å². The van der Waals surface area contributed by atoms with E-state index in [0.29, 0.717) is 24.0 Å². The molecule has 1 N–H and O–H groups in total. The largest absolute Gasteiger partial charge is 0.491 e. The highest BCUT2D eigenvalue weighted by atomic mass is 16.6. The van der Waals surface area contributed by atoms with Crippen LogP contribution in [0.2, 0.25) is 0 Å². The molecule has 1 aromatic carbocycles. The Bertz CT molecular complexity index is 577. The first-order chi connectivity index (χ1) is 13.6. The monoisotopic (exact) mass is 390 g/mol. The number of carbonyl (C=O) groups is 1. The van der Waals surface area contributed by atoms with Crippen LogP contribution in [0.5, 0.6) is 5.75 Å². The van der Waals surface area contributed by atoms with Crippen LogP contribution in [-0.2, 0) is 4.74 Å². The van der Waals surface area contributed by atoms with E-state index in [1.807, 2.05) is 24.3 Å². The summed E-state index contributed by atoms with van der Waals surface area (Å²) in [6.07, 6.45) is 10.0. The Morgan fingerprint density at radius 2 is 1.86 bits per heavy atom. The zero-order valence-electron chi connectivity index (χ0n) is 17.9. The number of unbranched alkanes of at least 4 members (excludes halogenated alkanes) is 4. The highest BCUT2D eigenvalue weighted by Crippen LogP contribution is 2.29. The van der Waals surface area contributed by atoms with Gasteiger partial charge in [-0.1, -0.05) is 51.2 Å². The van der Waals surface area contributed by atoms with Crippen LogP contribution in [0.4, 0.5) is 10.5 Å². The fraction of sp³-hybridized carbons (Fsp3) is 0.696. The molecule has 0 radical (unpaired) electrons. The van der Waals surface area contributed by atoms with Crippen LogP contribution < -0.4 is 10.1 Å². The maximum absolute atomic E-state index is 12.5. The molecule has 5 heteroatoms. The number of nitrogens with one attached hydrogen (secondary N) is 1. The first-order valence-corrected chi connectivity index (χ1v) is 10.9. The third-order valence-corrected chi connectivity index (χ3v) is 5.33. The van der Waals surface area contributed by atoms with Crippen LogP contribution in [0.1, 0.15) is 64.7 Å². The summed E-state index contributed by atoms with van der Waals surface area (Å²) in [5.41, 5.74) is 0.682. The highest BCUT2D eigenvalue weighted by molar-refractivity contribution is 5.86. The van der Waals surface area contributed by atoms with Gasteiger partial charge in [-0.2, -0.15) is 0 Å². The molecule has 1 amide bonds. The number of anilines is 1. The van der Waals surface area contributed by atoms with Gasteiger partial charge in [0.25, 0.3) is 0 Å². The smallest absolute Gasteiger partial charge is 0.412 e. The van der Waals surface area contributed by atoms with Gasteiger partial charge in [0.2, 0.25) is 0 Å². The maximum atomic E-state index is 12.5. The number of ether oxygens (including phenoxy) is 2. The van der Waals surface area contributed by atoms with Crippen LogP contribution in [0.15, 0.2) is 24.3 Å². The summed E-state index contributed by atoms with van der Waals surface area (Å²) in [4.78, 5) is 14.7. The van der Waals surface area contributed by atoms with Crippen LogP contribution in [0.25, 0.3) is 0 Å². The highest BCUT2D eigenvalue weighted by Gasteiger charge is 2.29. The zero-order valence-corrected chi connectivity index (χ0v) is 17.9. The van der Waals surface area contributed by atoms with Gasteiger partial charge in [-0.25, -0.2) is 4.79 Å². The molecular formula is C23H38N2O3. The normalized spacial score (nSPS) is 19.4. The van der Waals surface area contributed by atoms with Crippen molar-refractivity contribution in [2.75, 3.05) is 32.6 Å². The minimum absolute atomic E-state index is 0.0113. The number of carbonyl (C=O) groups excluding carboxylic acids is 1. The number of hydrogen-bond donors (Lipinski definition) is 1. The number of nitrogens with zero attached hydrogens (tertiary/aromatic N) is 1. The summed E-state index contributed by atoms with van der Waals surface area (Å²) < 4.78 is 11.7. The molecule has 0 heterocycles. The van der Waals surface area contributed by atoms with Crippen molar-refractivity contribution in [3.05, 3.63) is 24.3 Å². The fourth-order valence-corrected chi connectivity index (χ4v) is 3.87. The van der Waals surface area contributed by atoms with Crippen molar-refractivity contribution in [2.45, 2.75) is 70.8 Å². The quantitative estimate of drug-likeness (QED) is 0.492. The summed E-state index contributed by atoms with van der Waals surface area (Å²) in [5, 5.41) is 2.89. The molecule has 1 aliphatic carbocycles. The molecule has 1 aromatic rings. The van der Waals surface area contributed by atoms with Gasteiger partial charge >= 0.3 is 6.09 Å². The molecule has 5 nitrogen and oxygen atoms in total. The lowest BCUT2D eigenvalue weighted by Crippen LogP contribution is -2.37. The van der Waals surface area contributed by atoms with Crippen molar-refractivity contribution in [1.82, 2.24) is 4.90 Å². The Labute approximate surface area is 170 Å². The molecule has 2 rings (SSSR count). The lowest BCUT2D eigenvalue weighted by molar-refractivity contribution is 0.0357. The molecule has 1 aliphatic rings. The summed E-state index contributed by atoms with van der Waals surface area (Å²) in [5.74, 6) is 1.12. The van der Waals surface area contributed by atoms with Crippen molar-refractivity contribution in [1.29, 1.82) is 0 Å². The molecule has 28 heavy (non-hydrogen) atoms. The first kappa shape index (κ1) is 22.5. The van der Waals surface area contributed by atoms with Crippen molar-refractivity contribution in [3.8, 4) is 5.75 Å². The molecule has 0 saturated heterocycles. The lowest BCUT2D eigenvalue weighted by atomic mass is 9.86. The standard InChI is InChI=1S/C23H38N2O3/c1-4-5-6-7-12-17-27-22-16-11-9-14-20(22)24-23(26)28-21-15-10-8-13-19(21)18-25(2)3/h9,11,14,16,19,21H,4-8,10,12-13,15,17-18H2,1-3H3,(H,24,26)/t19-,21+/m1/s1. The Morgan fingerprint density at radius 3 is 2.64 bits per heavy atom. The van der Waals surface area contributed by atoms with Crippen molar-refractivity contribution in [3.63, 3.8) is 0 Å². The molecule has 2 atom stereocenters. The van der Waals surface area contributed by atoms with Crippen molar-refractivity contribution >= 4 is 11.8 Å². The predicted molar refractivity (Wildman–Crippen MR) is 115 cm³/mol. The molecule has 158 valence electrons. The average molecular weight is 391 g/mol. The van der Waals surface area contributed by atoms with Crippen LogP contribution in [-0.4, -0.2) is 44.3 Å². The minimum Gasteiger partial charge on any atom is -0.491 e. The van der Waals surface area contributed by atoms with E-state index in [1.165, 1.54) is 32.1 Å². The van der Waals surface area contributed by atoms with Gasteiger partial charge in [-0.3, -0.25) is 5.32 Å². The van der Waals surface area contributed by atoms with E-state index in [4.69, 9.17) is 9.47 Å². The summed E-state index contributed by atoms with van der Waals surface area (Å²) in [7, 11) is 4.14. The van der Waals surface area contributed by atoms with Crippen molar-refractivity contribution in [2.24, 2.45) is 5.92 Å². The van der Waals surface area contributed by atoms with Crippen molar-refractivity contribution < 1.29 is 14.3 Å². The number of amides is 1. The molecule has 0 aromatic heterocycles. The lowest BCUT2D eigenvalue weighted by Gasteiger charge is -2.32. The van der Waals surface area contributed by atoms with Gasteiger partial charge < -0.3 is 14.4 Å². The van der Waals surface area contributed by atoms with Gasteiger partial charge in [0.1, 0.15) is 11.9 Å². The second kappa shape index (κ2) is 12.7. The van der Waals surface area contributed by atoms with E-state index in [9.17, 15) is 4.79 Å². The summed E-state index contributed by atoms with van der Waals surface area (Å²) in [6.45, 7) is 3.84. The zero-order chi connectivity index (χ0) is 20.2. The third kappa shape index (κ3) is 8.09. The van der Waals surface area contributed by atoms with E-state index in [1.54, 1.807) is 0 Å². The first-order valence-electron chi connectivity index (χ1n) is 10.9. The predicted octanol–water partition coefficient (Wildman–Crippen LogP) is 5.70. The van der Waals surface area contributed by atoms with Gasteiger partial charge in [0.15, 0.2) is 0 Å². The molecule has 0 bridgehead atoms. The second-order valence-electron chi connectivity index (χ2n) is 8.13. The van der Waals surface area contributed by atoms with Crippen LogP contribution in [0, 0.1) is 5.92 Å². The molecule has 0 aliphatic heterocycles. The van der Waals surface area contributed by atoms with E-state index >= 15 is 0 Å².